The van der Waals surface area contributed by atoms with Gasteiger partial charge in [0.05, 0.1) is 5.56 Å². The van der Waals surface area contributed by atoms with Crippen LogP contribution in [0.15, 0.2) is 30.3 Å². The maximum atomic E-state index is 12.0. The van der Waals surface area contributed by atoms with Crippen LogP contribution < -0.4 is 0 Å². The first kappa shape index (κ1) is 13.6. The normalized spacial score (nSPS) is 27.4. The fraction of sp³-hybridized carbons (Fsp3) is 0.588. The Labute approximate surface area is 120 Å². The summed E-state index contributed by atoms with van der Waals surface area (Å²) in [5.41, 5.74) is 0.661. The molecule has 3 rings (SSSR count). The summed E-state index contributed by atoms with van der Waals surface area (Å²) in [5, 5.41) is 0. The summed E-state index contributed by atoms with van der Waals surface area (Å²) in [5.74, 6) is -0.171. The van der Waals surface area contributed by atoms with Gasteiger partial charge in [-0.25, -0.2) is 4.79 Å². The Kier molecular flexibility index (Phi) is 4.36. The Balaban J connectivity index is 1.47. The second-order valence-electron chi connectivity index (χ2n) is 5.94. The van der Waals surface area contributed by atoms with Gasteiger partial charge in [0.15, 0.2) is 0 Å². The molecule has 1 aliphatic carbocycles. The number of carbonyl (C=O) groups excluding carboxylic acids is 1. The van der Waals surface area contributed by atoms with Gasteiger partial charge >= 0.3 is 5.97 Å². The first-order valence-corrected chi connectivity index (χ1v) is 7.83. The van der Waals surface area contributed by atoms with Crippen LogP contribution >= 0.6 is 0 Å². The van der Waals surface area contributed by atoms with Crippen molar-refractivity contribution in [2.24, 2.45) is 0 Å². The number of rotatable bonds is 3. The van der Waals surface area contributed by atoms with Crippen LogP contribution in [0.1, 0.15) is 48.9 Å². The molecule has 0 atom stereocenters. The first-order chi connectivity index (χ1) is 9.83. The Morgan fingerprint density at radius 3 is 2.30 bits per heavy atom. The molecule has 0 radical (unpaired) electrons. The molecule has 1 aromatic carbocycles. The Morgan fingerprint density at radius 2 is 1.65 bits per heavy atom. The number of ether oxygens (including phenoxy) is 1. The highest BCUT2D eigenvalue weighted by Crippen LogP contribution is 2.27. The van der Waals surface area contributed by atoms with E-state index in [1.54, 1.807) is 0 Å². The van der Waals surface area contributed by atoms with Crippen molar-refractivity contribution in [1.82, 2.24) is 4.90 Å². The molecule has 1 aromatic rings. The molecule has 3 nitrogen and oxygen atoms in total. The fourth-order valence-electron chi connectivity index (χ4n) is 3.43. The van der Waals surface area contributed by atoms with E-state index in [4.69, 9.17) is 4.74 Å². The summed E-state index contributed by atoms with van der Waals surface area (Å²) < 4.78 is 5.63. The topological polar surface area (TPSA) is 29.5 Å². The third kappa shape index (κ3) is 3.21. The zero-order valence-corrected chi connectivity index (χ0v) is 12.0. The Hall–Kier alpha value is -1.35. The maximum Gasteiger partial charge on any atom is 0.338 e. The van der Waals surface area contributed by atoms with Gasteiger partial charge in [-0.15, -0.1) is 0 Å². The molecule has 0 unspecified atom stereocenters. The second-order valence-corrected chi connectivity index (χ2v) is 5.94. The number of nitrogens with zero attached hydrogens (tertiary/aromatic N) is 1. The quantitative estimate of drug-likeness (QED) is 0.792. The van der Waals surface area contributed by atoms with Gasteiger partial charge in [0.1, 0.15) is 6.10 Å². The van der Waals surface area contributed by atoms with Crippen molar-refractivity contribution in [1.29, 1.82) is 0 Å². The van der Waals surface area contributed by atoms with Gasteiger partial charge in [0, 0.05) is 6.04 Å². The molecule has 1 heterocycles. The Bertz CT molecular complexity index is 432. The van der Waals surface area contributed by atoms with E-state index in [2.05, 4.69) is 4.90 Å². The molecule has 2 fully saturated rings. The summed E-state index contributed by atoms with van der Waals surface area (Å²) in [6, 6.07) is 10.0. The van der Waals surface area contributed by atoms with E-state index in [-0.39, 0.29) is 12.1 Å². The number of likely N-dealkylation sites (tertiary alicyclic amines) is 1. The molecule has 20 heavy (non-hydrogen) atoms. The van der Waals surface area contributed by atoms with Crippen LogP contribution in [0.4, 0.5) is 0 Å². The van der Waals surface area contributed by atoms with Crippen LogP contribution in [-0.4, -0.2) is 36.1 Å². The van der Waals surface area contributed by atoms with Crippen molar-refractivity contribution >= 4 is 5.97 Å². The highest BCUT2D eigenvalue weighted by atomic mass is 16.5. The SMILES string of the molecule is O=C(OC1CCC(N2CCCC2)CC1)c1ccccc1. The zero-order chi connectivity index (χ0) is 13.8. The first-order valence-electron chi connectivity index (χ1n) is 7.83. The Morgan fingerprint density at radius 1 is 1.00 bits per heavy atom. The van der Waals surface area contributed by atoms with Crippen LogP contribution in [0.25, 0.3) is 0 Å². The van der Waals surface area contributed by atoms with E-state index in [1.807, 2.05) is 30.3 Å². The average Bonchev–Trinajstić information content (AvgIpc) is 3.03. The van der Waals surface area contributed by atoms with Gasteiger partial charge in [-0.05, 0) is 63.7 Å². The summed E-state index contributed by atoms with van der Waals surface area (Å²) in [6.45, 7) is 2.53. The van der Waals surface area contributed by atoms with E-state index in [9.17, 15) is 4.79 Å². The van der Waals surface area contributed by atoms with Gasteiger partial charge in [0.2, 0.25) is 0 Å². The summed E-state index contributed by atoms with van der Waals surface area (Å²) >= 11 is 0. The molecule has 0 aromatic heterocycles. The highest BCUT2D eigenvalue weighted by Gasteiger charge is 2.29. The monoisotopic (exact) mass is 273 g/mol. The van der Waals surface area contributed by atoms with Crippen LogP contribution in [0.2, 0.25) is 0 Å². The van der Waals surface area contributed by atoms with Crippen LogP contribution in [0, 0.1) is 0 Å². The molecule has 3 heteroatoms. The minimum Gasteiger partial charge on any atom is -0.459 e. The molecular weight excluding hydrogens is 250 g/mol. The number of hydrogen-bond donors (Lipinski definition) is 0. The molecule has 0 bridgehead atoms. The minimum atomic E-state index is -0.171. The second kappa shape index (κ2) is 6.40. The van der Waals surface area contributed by atoms with Gasteiger partial charge in [-0.3, -0.25) is 0 Å². The van der Waals surface area contributed by atoms with E-state index < -0.39 is 0 Å². The third-order valence-electron chi connectivity index (χ3n) is 4.58. The van der Waals surface area contributed by atoms with Crippen molar-refractivity contribution < 1.29 is 9.53 Å². The van der Waals surface area contributed by atoms with Crippen LogP contribution in [-0.2, 0) is 4.74 Å². The molecule has 2 aliphatic rings. The van der Waals surface area contributed by atoms with Gasteiger partial charge in [0.25, 0.3) is 0 Å². The molecule has 108 valence electrons. The fourth-order valence-corrected chi connectivity index (χ4v) is 3.43. The highest BCUT2D eigenvalue weighted by molar-refractivity contribution is 5.89. The van der Waals surface area contributed by atoms with Crippen molar-refractivity contribution in [3.8, 4) is 0 Å². The number of benzene rings is 1. The van der Waals surface area contributed by atoms with E-state index >= 15 is 0 Å². The molecular formula is C17H23NO2. The van der Waals surface area contributed by atoms with Crippen LogP contribution in [0.5, 0.6) is 0 Å². The lowest BCUT2D eigenvalue weighted by atomic mass is 9.92. The maximum absolute atomic E-state index is 12.0. The zero-order valence-electron chi connectivity index (χ0n) is 12.0. The van der Waals surface area contributed by atoms with Crippen molar-refractivity contribution in [2.75, 3.05) is 13.1 Å². The van der Waals surface area contributed by atoms with Crippen molar-refractivity contribution in [3.63, 3.8) is 0 Å². The van der Waals surface area contributed by atoms with Crippen molar-refractivity contribution in [3.05, 3.63) is 35.9 Å². The summed E-state index contributed by atoms with van der Waals surface area (Å²) in [6.07, 6.45) is 7.19. The predicted octanol–water partition coefficient (Wildman–Crippen LogP) is 3.25. The third-order valence-corrected chi connectivity index (χ3v) is 4.58. The molecule has 1 saturated carbocycles. The number of hydrogen-bond acceptors (Lipinski definition) is 3. The number of esters is 1. The van der Waals surface area contributed by atoms with Crippen LogP contribution in [0.3, 0.4) is 0 Å². The minimum absolute atomic E-state index is 0.113. The van der Waals surface area contributed by atoms with Gasteiger partial charge < -0.3 is 9.64 Å². The van der Waals surface area contributed by atoms with Gasteiger partial charge in [-0.2, -0.15) is 0 Å². The molecule has 1 saturated heterocycles. The van der Waals surface area contributed by atoms with Gasteiger partial charge in [-0.1, -0.05) is 18.2 Å². The smallest absolute Gasteiger partial charge is 0.338 e. The number of carbonyl (C=O) groups is 1. The standard InChI is InChI=1S/C17H23NO2/c19-17(14-6-2-1-3-7-14)20-16-10-8-15(9-11-16)18-12-4-5-13-18/h1-3,6-7,15-16H,4-5,8-13H2. The van der Waals surface area contributed by atoms with E-state index in [0.29, 0.717) is 5.56 Å². The van der Waals surface area contributed by atoms with E-state index in [0.717, 1.165) is 18.9 Å². The molecule has 0 N–H and O–H groups in total. The summed E-state index contributed by atoms with van der Waals surface area (Å²) in [7, 11) is 0. The van der Waals surface area contributed by atoms with Crippen molar-refractivity contribution in [2.45, 2.75) is 50.7 Å². The average molecular weight is 273 g/mol. The summed E-state index contributed by atoms with van der Waals surface area (Å²) in [4.78, 5) is 14.6. The molecule has 0 amide bonds. The lowest BCUT2D eigenvalue weighted by Crippen LogP contribution is -2.38. The largest absolute Gasteiger partial charge is 0.459 e. The lowest BCUT2D eigenvalue weighted by Gasteiger charge is -2.34. The lowest BCUT2D eigenvalue weighted by molar-refractivity contribution is 0.0127. The molecule has 1 aliphatic heterocycles. The predicted molar refractivity (Wildman–Crippen MR) is 78.7 cm³/mol. The molecule has 0 spiro atoms. The van der Waals surface area contributed by atoms with E-state index in [1.165, 1.54) is 38.8 Å².